The van der Waals surface area contributed by atoms with Crippen LogP contribution in [0.5, 0.6) is 0 Å². The maximum atomic E-state index is 6.88. The van der Waals surface area contributed by atoms with E-state index >= 15 is 0 Å². The Morgan fingerprint density at radius 3 is 1.90 bits per heavy atom. The molecule has 0 bridgehead atoms. The third-order valence-corrected chi connectivity index (χ3v) is 10.9. The van der Waals surface area contributed by atoms with E-state index < -0.39 is 0 Å². The van der Waals surface area contributed by atoms with Gasteiger partial charge in [-0.1, -0.05) is 103 Å². The van der Waals surface area contributed by atoms with Gasteiger partial charge in [-0.3, -0.25) is 4.90 Å². The fourth-order valence-corrected chi connectivity index (χ4v) is 9.05. The summed E-state index contributed by atoms with van der Waals surface area (Å²) in [6.45, 7) is -0.0771. The molecule has 0 N–H and O–H groups in total. The molecule has 0 unspecified atom stereocenters. The molecular weight excluding hydrogens is 597 g/mol. The second-order valence-electron chi connectivity index (χ2n) is 13.2. The van der Waals surface area contributed by atoms with Crippen LogP contribution < -0.4 is 15.8 Å². The van der Waals surface area contributed by atoms with Crippen LogP contribution in [-0.4, -0.2) is 15.9 Å². The number of hydrogen-bond acceptors (Lipinski definition) is 2. The van der Waals surface area contributed by atoms with E-state index in [-0.39, 0.29) is 6.85 Å². The standard InChI is InChI=1S/C44H26BN3O/c1-3-14-27(15-4-1)46-35-22-10-7-18-29(35)33-26-34-30-19-8-11-23-36(30)48-43(34)39(42(33)46)32-21-13-24-37-40(32)45(48)41-31-20-9-12-25-38(31)49-44(41)47(37)28-16-5-2-6-17-28/h1-26H. The van der Waals surface area contributed by atoms with Crippen molar-refractivity contribution < 1.29 is 4.42 Å². The molecule has 5 heteroatoms. The van der Waals surface area contributed by atoms with E-state index in [0.29, 0.717) is 0 Å². The van der Waals surface area contributed by atoms with E-state index in [1.165, 1.54) is 65.7 Å². The van der Waals surface area contributed by atoms with E-state index in [1.54, 1.807) is 0 Å². The zero-order valence-corrected chi connectivity index (χ0v) is 26.3. The zero-order valence-electron chi connectivity index (χ0n) is 26.3. The van der Waals surface area contributed by atoms with Gasteiger partial charge in [0.15, 0.2) is 0 Å². The van der Waals surface area contributed by atoms with Gasteiger partial charge in [-0.25, -0.2) is 0 Å². The van der Waals surface area contributed by atoms with Crippen molar-refractivity contribution in [1.29, 1.82) is 0 Å². The predicted octanol–water partition coefficient (Wildman–Crippen LogP) is 10.1. The molecule has 0 radical (unpaired) electrons. The van der Waals surface area contributed by atoms with Crippen molar-refractivity contribution in [2.45, 2.75) is 0 Å². The normalized spacial score (nSPS) is 13.2. The zero-order chi connectivity index (χ0) is 31.8. The van der Waals surface area contributed by atoms with Crippen molar-refractivity contribution >= 4 is 89.6 Å². The topological polar surface area (TPSA) is 26.2 Å². The van der Waals surface area contributed by atoms with Crippen molar-refractivity contribution in [3.8, 4) is 16.8 Å². The number of fused-ring (bicyclic) bond motifs is 13. The molecule has 49 heavy (non-hydrogen) atoms. The van der Waals surface area contributed by atoms with E-state index in [4.69, 9.17) is 4.42 Å². The molecule has 226 valence electrons. The maximum absolute atomic E-state index is 6.88. The lowest BCUT2D eigenvalue weighted by atomic mass is 9.45. The average molecular weight is 624 g/mol. The lowest BCUT2D eigenvalue weighted by molar-refractivity contribution is 0.622. The lowest BCUT2D eigenvalue weighted by Gasteiger charge is -2.38. The summed E-state index contributed by atoms with van der Waals surface area (Å²) in [7, 11) is 0. The van der Waals surface area contributed by atoms with Crippen LogP contribution in [0.1, 0.15) is 0 Å². The number of benzene rings is 7. The van der Waals surface area contributed by atoms with Gasteiger partial charge in [-0.15, -0.1) is 0 Å². The van der Waals surface area contributed by atoms with Gasteiger partial charge in [0.2, 0.25) is 5.88 Å². The van der Waals surface area contributed by atoms with E-state index in [9.17, 15) is 0 Å². The molecule has 0 fully saturated rings. The summed E-state index contributed by atoms with van der Waals surface area (Å²) < 4.78 is 12.0. The first-order valence-electron chi connectivity index (χ1n) is 16.9. The fraction of sp³-hybridized carbons (Fsp3) is 0. The number of hydrogen-bond donors (Lipinski definition) is 0. The monoisotopic (exact) mass is 623 g/mol. The number of furan rings is 1. The molecule has 0 saturated carbocycles. The predicted molar refractivity (Wildman–Crippen MR) is 204 cm³/mol. The number of anilines is 3. The molecule has 0 saturated heterocycles. The molecule has 0 amide bonds. The number of nitrogens with zero attached hydrogens (tertiary/aromatic N) is 3. The average Bonchev–Trinajstić information content (AvgIpc) is 3.82. The van der Waals surface area contributed by atoms with Crippen LogP contribution in [0.4, 0.5) is 17.3 Å². The first kappa shape index (κ1) is 25.6. The SMILES string of the molecule is c1ccc(N2c3cccc4c3B(c3c2oc2ccccc32)n2c3ccccc3c3cc5c6ccccc6n(-c6ccccc6)c5c-4c32)cc1. The number of para-hydroxylation sites is 5. The Morgan fingerprint density at radius 2 is 1.10 bits per heavy atom. The molecule has 0 spiro atoms. The molecular formula is C44H26BN3O. The van der Waals surface area contributed by atoms with Gasteiger partial charge in [0.1, 0.15) is 5.58 Å². The highest BCUT2D eigenvalue weighted by molar-refractivity contribution is 6.91. The Labute approximate surface area is 281 Å². The molecule has 10 aromatic rings. The number of aromatic nitrogens is 2. The molecule has 4 nitrogen and oxygen atoms in total. The van der Waals surface area contributed by atoms with Crippen molar-refractivity contribution in [2.75, 3.05) is 4.90 Å². The quantitative estimate of drug-likeness (QED) is 0.179. The molecule has 2 aliphatic heterocycles. The summed E-state index contributed by atoms with van der Waals surface area (Å²) in [5, 5.41) is 6.23. The van der Waals surface area contributed by atoms with Crippen LogP contribution in [0.3, 0.4) is 0 Å². The summed E-state index contributed by atoms with van der Waals surface area (Å²) >= 11 is 0. The first-order valence-corrected chi connectivity index (χ1v) is 16.9. The molecule has 12 rings (SSSR count). The highest BCUT2D eigenvalue weighted by Gasteiger charge is 2.46. The van der Waals surface area contributed by atoms with Crippen LogP contribution in [0.15, 0.2) is 162 Å². The van der Waals surface area contributed by atoms with Gasteiger partial charge in [0.05, 0.1) is 11.0 Å². The summed E-state index contributed by atoms with van der Waals surface area (Å²) in [6.07, 6.45) is 0. The van der Waals surface area contributed by atoms with Crippen LogP contribution in [0.25, 0.3) is 71.4 Å². The Kier molecular flexibility index (Phi) is 4.77. The Hall–Kier alpha value is -6.46. The van der Waals surface area contributed by atoms with Gasteiger partial charge in [-0.2, -0.15) is 0 Å². The van der Waals surface area contributed by atoms with E-state index in [1.807, 2.05) is 0 Å². The van der Waals surface area contributed by atoms with Crippen molar-refractivity contribution in [2.24, 2.45) is 0 Å². The third-order valence-electron chi connectivity index (χ3n) is 10.9. The van der Waals surface area contributed by atoms with Crippen LogP contribution in [0, 0.1) is 0 Å². The molecule has 7 aromatic carbocycles. The van der Waals surface area contributed by atoms with Crippen LogP contribution in [-0.2, 0) is 0 Å². The number of rotatable bonds is 2. The van der Waals surface area contributed by atoms with Crippen LogP contribution in [0.2, 0.25) is 0 Å². The summed E-state index contributed by atoms with van der Waals surface area (Å²) in [5.74, 6) is 0.885. The van der Waals surface area contributed by atoms with Gasteiger partial charge >= 0.3 is 6.85 Å². The van der Waals surface area contributed by atoms with Crippen molar-refractivity contribution in [1.82, 2.24) is 9.05 Å². The largest absolute Gasteiger partial charge is 0.440 e. The van der Waals surface area contributed by atoms with Gasteiger partial charge < -0.3 is 13.5 Å². The molecule has 0 atom stereocenters. The minimum absolute atomic E-state index is 0.0771. The molecule has 5 heterocycles. The first-order chi connectivity index (χ1) is 24.4. The molecule has 2 aliphatic rings. The Balaban J connectivity index is 1.35. The van der Waals surface area contributed by atoms with Gasteiger partial charge in [-0.05, 0) is 65.6 Å². The minimum atomic E-state index is -0.0771. The molecule has 3 aromatic heterocycles. The van der Waals surface area contributed by atoms with Gasteiger partial charge in [0, 0.05) is 66.1 Å². The maximum Gasteiger partial charge on any atom is 0.337 e. The minimum Gasteiger partial charge on any atom is -0.440 e. The van der Waals surface area contributed by atoms with Gasteiger partial charge in [0.25, 0.3) is 0 Å². The van der Waals surface area contributed by atoms with E-state index in [2.05, 4.69) is 172 Å². The Bertz CT molecular complexity index is 3010. The van der Waals surface area contributed by atoms with Crippen LogP contribution >= 0.6 is 0 Å². The second kappa shape index (κ2) is 9.12. The molecule has 0 aliphatic carbocycles. The summed E-state index contributed by atoms with van der Waals surface area (Å²) in [5.41, 5.74) is 14.3. The Morgan fingerprint density at radius 1 is 0.469 bits per heavy atom. The smallest absolute Gasteiger partial charge is 0.337 e. The van der Waals surface area contributed by atoms with Crippen molar-refractivity contribution in [3.63, 3.8) is 0 Å². The van der Waals surface area contributed by atoms with Crippen molar-refractivity contribution in [3.05, 3.63) is 158 Å². The summed E-state index contributed by atoms with van der Waals surface area (Å²) in [6, 6.07) is 57.2. The second-order valence-corrected chi connectivity index (χ2v) is 13.2. The third kappa shape index (κ3) is 3.11. The highest BCUT2D eigenvalue weighted by atomic mass is 16.4. The highest BCUT2D eigenvalue weighted by Crippen LogP contribution is 2.50. The van der Waals surface area contributed by atoms with E-state index in [0.717, 1.165) is 33.9 Å². The lowest BCUT2D eigenvalue weighted by Crippen LogP contribution is -2.56. The summed E-state index contributed by atoms with van der Waals surface area (Å²) in [4.78, 5) is 2.34. The fourth-order valence-electron chi connectivity index (χ4n) is 9.05.